The van der Waals surface area contributed by atoms with Crippen molar-refractivity contribution < 1.29 is 4.79 Å². The van der Waals surface area contributed by atoms with E-state index in [0.717, 1.165) is 13.0 Å². The van der Waals surface area contributed by atoms with Crippen molar-refractivity contribution in [2.45, 2.75) is 58.5 Å². The van der Waals surface area contributed by atoms with Gasteiger partial charge in [-0.1, -0.05) is 27.2 Å². The lowest BCUT2D eigenvalue weighted by Crippen LogP contribution is -2.54. The second-order valence-electron chi connectivity index (χ2n) is 4.89. The molecule has 0 aromatic heterocycles. The first kappa shape index (κ1) is 12.5. The van der Waals surface area contributed by atoms with E-state index < -0.39 is 0 Å². The van der Waals surface area contributed by atoms with Gasteiger partial charge in [-0.25, -0.2) is 0 Å². The molecule has 1 rings (SSSR count). The highest BCUT2D eigenvalue weighted by Gasteiger charge is 2.32. The summed E-state index contributed by atoms with van der Waals surface area (Å²) in [6.45, 7) is 7.39. The van der Waals surface area contributed by atoms with Crippen LogP contribution in [0.3, 0.4) is 0 Å². The zero-order valence-corrected chi connectivity index (χ0v) is 10.2. The van der Waals surface area contributed by atoms with E-state index in [-0.39, 0.29) is 11.9 Å². The van der Waals surface area contributed by atoms with Crippen LogP contribution in [-0.4, -0.2) is 29.4 Å². The van der Waals surface area contributed by atoms with Gasteiger partial charge in [0.15, 0.2) is 0 Å². The van der Waals surface area contributed by atoms with Gasteiger partial charge in [-0.15, -0.1) is 0 Å². The van der Waals surface area contributed by atoms with Crippen molar-refractivity contribution in [3.05, 3.63) is 0 Å². The van der Waals surface area contributed by atoms with Crippen LogP contribution in [0, 0.1) is 5.92 Å². The number of likely N-dealkylation sites (tertiary alicyclic amines) is 1. The summed E-state index contributed by atoms with van der Waals surface area (Å²) in [5.74, 6) is 0.153. The summed E-state index contributed by atoms with van der Waals surface area (Å²) in [5, 5.41) is 0. The summed E-state index contributed by atoms with van der Waals surface area (Å²) in [5.41, 5.74) is 5.50. The first-order valence-electron chi connectivity index (χ1n) is 6.13. The van der Waals surface area contributed by atoms with E-state index in [0.29, 0.717) is 12.0 Å². The Labute approximate surface area is 93.0 Å². The van der Waals surface area contributed by atoms with Gasteiger partial charge >= 0.3 is 0 Å². The molecule has 88 valence electrons. The molecule has 2 atom stereocenters. The van der Waals surface area contributed by atoms with E-state index >= 15 is 0 Å². The molecule has 1 heterocycles. The summed E-state index contributed by atoms with van der Waals surface area (Å²) in [4.78, 5) is 13.8. The normalized spacial score (nSPS) is 25.5. The standard InChI is InChI=1S/C12H24N2O/c1-4-10-7-5-6-8-14(10)11(9(2)3)12(13)15/h9-11H,4-8H2,1-3H3,(H2,13,15). The molecular formula is C12H24N2O. The Hall–Kier alpha value is -0.570. The second kappa shape index (κ2) is 5.50. The summed E-state index contributed by atoms with van der Waals surface area (Å²) in [6.07, 6.45) is 4.83. The highest BCUT2D eigenvalue weighted by molar-refractivity contribution is 5.80. The first-order valence-corrected chi connectivity index (χ1v) is 6.13. The molecule has 0 bridgehead atoms. The number of primary amides is 1. The molecule has 0 spiro atoms. The van der Waals surface area contributed by atoms with Crippen LogP contribution in [0.1, 0.15) is 46.5 Å². The van der Waals surface area contributed by atoms with Crippen LogP contribution in [0.5, 0.6) is 0 Å². The Morgan fingerprint density at radius 1 is 1.47 bits per heavy atom. The molecule has 0 aliphatic carbocycles. The molecule has 0 aromatic rings. The number of carbonyl (C=O) groups excluding carboxylic acids is 1. The third-order valence-corrected chi connectivity index (χ3v) is 3.42. The smallest absolute Gasteiger partial charge is 0.235 e. The number of nitrogens with two attached hydrogens (primary N) is 1. The van der Waals surface area contributed by atoms with E-state index in [1.807, 2.05) is 0 Å². The lowest BCUT2D eigenvalue weighted by atomic mass is 9.93. The van der Waals surface area contributed by atoms with Crippen LogP contribution in [0.2, 0.25) is 0 Å². The highest BCUT2D eigenvalue weighted by Crippen LogP contribution is 2.24. The van der Waals surface area contributed by atoms with Crippen LogP contribution < -0.4 is 5.73 Å². The average molecular weight is 212 g/mol. The van der Waals surface area contributed by atoms with Crippen LogP contribution in [0.25, 0.3) is 0 Å². The van der Waals surface area contributed by atoms with Gasteiger partial charge < -0.3 is 5.73 Å². The van der Waals surface area contributed by atoms with Crippen molar-refractivity contribution in [1.82, 2.24) is 4.90 Å². The average Bonchev–Trinajstić information content (AvgIpc) is 2.17. The zero-order valence-electron chi connectivity index (χ0n) is 10.2. The van der Waals surface area contributed by atoms with Crippen molar-refractivity contribution >= 4 is 5.91 Å². The largest absolute Gasteiger partial charge is 0.368 e. The minimum Gasteiger partial charge on any atom is -0.368 e. The van der Waals surface area contributed by atoms with Crippen molar-refractivity contribution in [2.75, 3.05) is 6.54 Å². The number of amides is 1. The number of piperidine rings is 1. The van der Waals surface area contributed by atoms with Crippen molar-refractivity contribution in [3.63, 3.8) is 0 Å². The van der Waals surface area contributed by atoms with Crippen molar-refractivity contribution in [2.24, 2.45) is 11.7 Å². The molecular weight excluding hydrogens is 188 g/mol. The van der Waals surface area contributed by atoms with Crippen molar-refractivity contribution in [1.29, 1.82) is 0 Å². The summed E-state index contributed by atoms with van der Waals surface area (Å²) in [7, 11) is 0. The molecule has 1 aliphatic rings. The van der Waals surface area contributed by atoms with E-state index in [1.165, 1.54) is 19.3 Å². The molecule has 0 radical (unpaired) electrons. The summed E-state index contributed by atoms with van der Waals surface area (Å²) in [6, 6.07) is 0.480. The Morgan fingerprint density at radius 3 is 2.60 bits per heavy atom. The fourth-order valence-electron chi connectivity index (χ4n) is 2.70. The van der Waals surface area contributed by atoms with Gasteiger partial charge in [0.1, 0.15) is 0 Å². The molecule has 3 heteroatoms. The molecule has 3 nitrogen and oxygen atoms in total. The molecule has 2 N–H and O–H groups in total. The molecule has 1 fully saturated rings. The monoisotopic (exact) mass is 212 g/mol. The second-order valence-corrected chi connectivity index (χ2v) is 4.89. The highest BCUT2D eigenvalue weighted by atomic mass is 16.1. The Morgan fingerprint density at radius 2 is 2.13 bits per heavy atom. The predicted molar refractivity (Wildman–Crippen MR) is 62.5 cm³/mol. The minimum absolute atomic E-state index is 0.0738. The number of carbonyl (C=O) groups is 1. The third kappa shape index (κ3) is 2.94. The number of hydrogen-bond acceptors (Lipinski definition) is 2. The van der Waals surface area contributed by atoms with Gasteiger partial charge in [-0.2, -0.15) is 0 Å². The maximum absolute atomic E-state index is 11.5. The number of nitrogens with zero attached hydrogens (tertiary/aromatic N) is 1. The quantitative estimate of drug-likeness (QED) is 0.772. The lowest BCUT2D eigenvalue weighted by molar-refractivity contribution is -0.126. The Kier molecular flexibility index (Phi) is 4.58. The van der Waals surface area contributed by atoms with Crippen LogP contribution in [0.15, 0.2) is 0 Å². The lowest BCUT2D eigenvalue weighted by Gasteiger charge is -2.41. The fraction of sp³-hybridized carbons (Fsp3) is 0.917. The predicted octanol–water partition coefficient (Wildman–Crippen LogP) is 1.76. The van der Waals surface area contributed by atoms with Gasteiger partial charge in [0.05, 0.1) is 6.04 Å². The Balaban J connectivity index is 2.75. The Bertz CT molecular complexity index is 216. The maximum atomic E-state index is 11.5. The van der Waals surface area contributed by atoms with Gasteiger partial charge in [0.25, 0.3) is 0 Å². The number of rotatable bonds is 4. The van der Waals surface area contributed by atoms with Gasteiger partial charge in [-0.05, 0) is 31.7 Å². The first-order chi connectivity index (χ1) is 7.07. The van der Waals surface area contributed by atoms with Gasteiger partial charge in [-0.3, -0.25) is 9.69 Å². The van der Waals surface area contributed by atoms with E-state index in [2.05, 4.69) is 25.7 Å². The molecule has 2 unspecified atom stereocenters. The van der Waals surface area contributed by atoms with Crippen LogP contribution in [-0.2, 0) is 4.79 Å². The molecule has 1 amide bonds. The van der Waals surface area contributed by atoms with E-state index in [4.69, 9.17) is 5.73 Å². The summed E-state index contributed by atoms with van der Waals surface area (Å²) >= 11 is 0. The van der Waals surface area contributed by atoms with E-state index in [9.17, 15) is 4.79 Å². The van der Waals surface area contributed by atoms with E-state index in [1.54, 1.807) is 0 Å². The zero-order chi connectivity index (χ0) is 11.4. The fourth-order valence-corrected chi connectivity index (χ4v) is 2.70. The molecule has 0 saturated carbocycles. The third-order valence-electron chi connectivity index (χ3n) is 3.42. The topological polar surface area (TPSA) is 46.3 Å². The molecule has 1 aliphatic heterocycles. The van der Waals surface area contributed by atoms with Crippen LogP contribution in [0.4, 0.5) is 0 Å². The van der Waals surface area contributed by atoms with Crippen molar-refractivity contribution in [3.8, 4) is 0 Å². The summed E-state index contributed by atoms with van der Waals surface area (Å²) < 4.78 is 0. The van der Waals surface area contributed by atoms with Gasteiger partial charge in [0.2, 0.25) is 5.91 Å². The molecule has 15 heavy (non-hydrogen) atoms. The number of hydrogen-bond donors (Lipinski definition) is 1. The molecule has 0 aromatic carbocycles. The molecule has 1 saturated heterocycles. The van der Waals surface area contributed by atoms with Gasteiger partial charge in [0, 0.05) is 6.04 Å². The minimum atomic E-state index is -0.162. The van der Waals surface area contributed by atoms with Crippen LogP contribution >= 0.6 is 0 Å². The SMILES string of the molecule is CCC1CCCCN1C(C(N)=O)C(C)C. The maximum Gasteiger partial charge on any atom is 0.235 e.